The highest BCUT2D eigenvalue weighted by atomic mass is 19.1. The quantitative estimate of drug-likeness (QED) is 0.824. The molecule has 0 spiro atoms. The van der Waals surface area contributed by atoms with Gasteiger partial charge in [-0.25, -0.2) is 14.4 Å². The summed E-state index contributed by atoms with van der Waals surface area (Å²) >= 11 is 0. The highest BCUT2D eigenvalue weighted by molar-refractivity contribution is 5.54. The molecule has 98 valence electrons. The van der Waals surface area contributed by atoms with Crippen LogP contribution in [-0.4, -0.2) is 39.2 Å². The molecule has 0 N–H and O–H groups in total. The van der Waals surface area contributed by atoms with Crippen LogP contribution in [0.15, 0.2) is 30.9 Å². The molecular formula is C13H14FN5. The first kappa shape index (κ1) is 12.0. The highest BCUT2D eigenvalue weighted by Crippen LogP contribution is 2.20. The minimum Gasteiger partial charge on any atom is -0.338 e. The number of rotatable bonds is 2. The van der Waals surface area contributed by atoms with Crippen molar-refractivity contribution in [3.63, 3.8) is 0 Å². The summed E-state index contributed by atoms with van der Waals surface area (Å²) in [5, 5.41) is 0. The van der Waals surface area contributed by atoms with Gasteiger partial charge in [0.05, 0.1) is 18.4 Å². The van der Waals surface area contributed by atoms with Crippen molar-refractivity contribution in [2.75, 3.05) is 18.0 Å². The maximum absolute atomic E-state index is 13.4. The topological polar surface area (TPSA) is 54.8 Å². The van der Waals surface area contributed by atoms with E-state index in [-0.39, 0.29) is 0 Å². The summed E-state index contributed by atoms with van der Waals surface area (Å²) in [5.41, 5.74) is 1.40. The summed E-state index contributed by atoms with van der Waals surface area (Å²) in [7, 11) is 0. The second-order valence-corrected chi connectivity index (χ2v) is 4.52. The van der Waals surface area contributed by atoms with E-state index in [2.05, 4.69) is 19.9 Å². The molecule has 0 saturated carbocycles. The molecule has 0 aromatic carbocycles. The lowest BCUT2D eigenvalue weighted by Gasteiger charge is -2.28. The first-order valence-corrected chi connectivity index (χ1v) is 6.31. The van der Waals surface area contributed by atoms with Crippen LogP contribution in [0.3, 0.4) is 0 Å². The van der Waals surface area contributed by atoms with Gasteiger partial charge in [-0.3, -0.25) is 9.97 Å². The maximum atomic E-state index is 13.4. The van der Waals surface area contributed by atoms with Crippen LogP contribution in [0.2, 0.25) is 0 Å². The molecule has 3 heterocycles. The van der Waals surface area contributed by atoms with Crippen molar-refractivity contribution in [1.82, 2.24) is 19.9 Å². The van der Waals surface area contributed by atoms with Gasteiger partial charge < -0.3 is 4.90 Å². The van der Waals surface area contributed by atoms with Crippen LogP contribution in [0.1, 0.15) is 12.8 Å². The molecule has 5 nitrogen and oxygen atoms in total. The number of aromatic nitrogens is 4. The van der Waals surface area contributed by atoms with Crippen molar-refractivity contribution in [1.29, 1.82) is 0 Å². The van der Waals surface area contributed by atoms with Crippen LogP contribution in [-0.2, 0) is 0 Å². The number of anilines is 1. The first-order valence-electron chi connectivity index (χ1n) is 6.31. The van der Waals surface area contributed by atoms with E-state index in [1.54, 1.807) is 30.9 Å². The molecule has 1 aliphatic heterocycles. The number of halogens is 1. The Labute approximate surface area is 110 Å². The van der Waals surface area contributed by atoms with E-state index < -0.39 is 6.17 Å². The lowest BCUT2D eigenvalue weighted by molar-refractivity contribution is 0.285. The Kier molecular flexibility index (Phi) is 3.31. The van der Waals surface area contributed by atoms with E-state index in [4.69, 9.17) is 0 Å². The van der Waals surface area contributed by atoms with Crippen LogP contribution in [0.25, 0.3) is 11.4 Å². The van der Waals surface area contributed by atoms with Gasteiger partial charge >= 0.3 is 0 Å². The van der Waals surface area contributed by atoms with Crippen LogP contribution in [0.5, 0.6) is 0 Å². The average molecular weight is 259 g/mol. The lowest BCUT2D eigenvalue weighted by Crippen LogP contribution is -2.37. The van der Waals surface area contributed by atoms with Gasteiger partial charge in [0.2, 0.25) is 5.95 Å². The first-order chi connectivity index (χ1) is 9.33. The van der Waals surface area contributed by atoms with Crippen LogP contribution in [0, 0.1) is 0 Å². The van der Waals surface area contributed by atoms with E-state index in [0.29, 0.717) is 30.3 Å². The molecule has 2 aromatic rings. The monoisotopic (exact) mass is 259 g/mol. The second-order valence-electron chi connectivity index (χ2n) is 4.52. The fraction of sp³-hybridized carbons (Fsp3) is 0.385. The van der Waals surface area contributed by atoms with Crippen molar-refractivity contribution in [2.45, 2.75) is 19.0 Å². The lowest BCUT2D eigenvalue weighted by atomic mass is 10.1. The zero-order valence-electron chi connectivity index (χ0n) is 10.4. The second kappa shape index (κ2) is 5.26. The fourth-order valence-corrected chi connectivity index (χ4v) is 2.18. The Bertz CT molecular complexity index is 548. The SMILES string of the molecule is FC1CCCN(c2nccc(-c3cnccn3)n2)C1. The minimum absolute atomic E-state index is 0.365. The standard InChI is InChI=1S/C13H14FN5/c14-10-2-1-7-19(9-10)13-17-4-3-11(18-13)12-8-15-5-6-16-12/h3-6,8,10H,1-2,7,9H2. The zero-order chi connectivity index (χ0) is 13.1. The summed E-state index contributed by atoms with van der Waals surface area (Å²) in [6.45, 7) is 1.16. The van der Waals surface area contributed by atoms with E-state index in [9.17, 15) is 4.39 Å². The Hall–Kier alpha value is -2.11. The Morgan fingerprint density at radius 2 is 2.11 bits per heavy atom. The van der Waals surface area contributed by atoms with E-state index in [1.807, 2.05) is 4.90 Å². The molecule has 1 atom stereocenters. The van der Waals surface area contributed by atoms with Gasteiger partial charge in [0.1, 0.15) is 11.9 Å². The Morgan fingerprint density at radius 3 is 2.89 bits per heavy atom. The molecule has 1 unspecified atom stereocenters. The van der Waals surface area contributed by atoms with E-state index >= 15 is 0 Å². The van der Waals surface area contributed by atoms with Crippen molar-refractivity contribution in [3.05, 3.63) is 30.9 Å². The largest absolute Gasteiger partial charge is 0.338 e. The van der Waals surface area contributed by atoms with Crippen molar-refractivity contribution in [3.8, 4) is 11.4 Å². The van der Waals surface area contributed by atoms with Gasteiger partial charge in [-0.15, -0.1) is 0 Å². The summed E-state index contributed by atoms with van der Waals surface area (Å²) < 4.78 is 13.4. The van der Waals surface area contributed by atoms with Gasteiger partial charge in [0.25, 0.3) is 0 Å². The number of piperidine rings is 1. The third kappa shape index (κ3) is 2.67. The molecule has 1 fully saturated rings. The van der Waals surface area contributed by atoms with Crippen molar-refractivity contribution >= 4 is 5.95 Å². The number of hydrogen-bond acceptors (Lipinski definition) is 5. The molecular weight excluding hydrogens is 245 g/mol. The number of nitrogens with zero attached hydrogens (tertiary/aromatic N) is 5. The molecule has 0 bridgehead atoms. The molecule has 2 aromatic heterocycles. The fourth-order valence-electron chi connectivity index (χ4n) is 2.18. The van der Waals surface area contributed by atoms with Crippen LogP contribution in [0.4, 0.5) is 10.3 Å². The molecule has 3 rings (SSSR count). The summed E-state index contributed by atoms with van der Waals surface area (Å²) in [4.78, 5) is 18.8. The average Bonchev–Trinajstić information content (AvgIpc) is 2.48. The Morgan fingerprint density at radius 1 is 1.16 bits per heavy atom. The molecule has 0 amide bonds. The molecule has 1 aliphatic rings. The van der Waals surface area contributed by atoms with Gasteiger partial charge in [-0.05, 0) is 18.9 Å². The van der Waals surface area contributed by atoms with Gasteiger partial charge in [0, 0.05) is 25.1 Å². The third-order valence-electron chi connectivity index (χ3n) is 3.12. The Balaban J connectivity index is 1.88. The normalized spacial score (nSPS) is 19.4. The van der Waals surface area contributed by atoms with Gasteiger partial charge in [-0.2, -0.15) is 0 Å². The van der Waals surface area contributed by atoms with Crippen LogP contribution >= 0.6 is 0 Å². The van der Waals surface area contributed by atoms with Gasteiger partial charge in [0.15, 0.2) is 0 Å². The smallest absolute Gasteiger partial charge is 0.226 e. The predicted octanol–water partition coefficient (Wildman–Crippen LogP) is 1.87. The van der Waals surface area contributed by atoms with Crippen molar-refractivity contribution in [2.24, 2.45) is 0 Å². The summed E-state index contributed by atoms with van der Waals surface area (Å²) in [6, 6.07) is 1.78. The summed E-state index contributed by atoms with van der Waals surface area (Å²) in [6.07, 6.45) is 7.23. The van der Waals surface area contributed by atoms with E-state index in [0.717, 1.165) is 13.0 Å². The van der Waals surface area contributed by atoms with E-state index in [1.165, 1.54) is 0 Å². The van der Waals surface area contributed by atoms with Crippen LogP contribution < -0.4 is 4.90 Å². The third-order valence-corrected chi connectivity index (χ3v) is 3.12. The number of hydrogen-bond donors (Lipinski definition) is 0. The predicted molar refractivity (Wildman–Crippen MR) is 69.4 cm³/mol. The number of alkyl halides is 1. The molecule has 0 radical (unpaired) electrons. The molecule has 1 saturated heterocycles. The molecule has 6 heteroatoms. The van der Waals surface area contributed by atoms with Gasteiger partial charge in [-0.1, -0.05) is 0 Å². The highest BCUT2D eigenvalue weighted by Gasteiger charge is 2.21. The zero-order valence-corrected chi connectivity index (χ0v) is 10.4. The molecule has 19 heavy (non-hydrogen) atoms. The van der Waals surface area contributed by atoms with Crippen molar-refractivity contribution < 1.29 is 4.39 Å². The minimum atomic E-state index is -0.794. The maximum Gasteiger partial charge on any atom is 0.226 e. The summed E-state index contributed by atoms with van der Waals surface area (Å²) in [5.74, 6) is 0.561. The molecule has 0 aliphatic carbocycles.